The molecule has 5 rings (SSSR count). The second kappa shape index (κ2) is 9.70. The summed E-state index contributed by atoms with van der Waals surface area (Å²) in [6.45, 7) is 4.26. The van der Waals surface area contributed by atoms with Crippen LogP contribution in [0.4, 0.5) is 10.2 Å². The van der Waals surface area contributed by atoms with Crippen LogP contribution in [0, 0.1) is 5.82 Å². The first-order valence-corrected chi connectivity index (χ1v) is 11.9. The molecule has 4 heterocycles. The summed E-state index contributed by atoms with van der Waals surface area (Å²) in [5.41, 5.74) is 1.52. The molecule has 0 radical (unpaired) electrons. The van der Waals surface area contributed by atoms with Crippen LogP contribution in [0.15, 0.2) is 60.1 Å². The molecule has 1 N–H and O–H groups in total. The maximum Gasteiger partial charge on any atom is 0.291 e. The Morgan fingerprint density at radius 1 is 1.09 bits per heavy atom. The van der Waals surface area contributed by atoms with Crippen molar-refractivity contribution in [1.29, 1.82) is 0 Å². The molecular formula is C24H24FN7OS. The molecule has 0 atom stereocenters. The van der Waals surface area contributed by atoms with Crippen LogP contribution in [0.3, 0.4) is 0 Å². The third kappa shape index (κ3) is 4.82. The maximum atomic E-state index is 13.4. The molecule has 3 aromatic heterocycles. The molecule has 8 nitrogen and oxygen atoms in total. The Bertz CT molecular complexity index is 1250. The van der Waals surface area contributed by atoms with E-state index in [1.807, 2.05) is 29.6 Å². The Kier molecular flexibility index (Phi) is 6.33. The number of halogens is 1. The zero-order valence-corrected chi connectivity index (χ0v) is 19.5. The molecule has 1 fully saturated rings. The third-order valence-corrected chi connectivity index (χ3v) is 6.58. The summed E-state index contributed by atoms with van der Waals surface area (Å²) in [6.07, 6.45) is 1.79. The highest BCUT2D eigenvalue weighted by molar-refractivity contribution is 7.13. The van der Waals surface area contributed by atoms with E-state index in [0.29, 0.717) is 18.1 Å². The number of carbonyl (C=O) groups is 1. The molecule has 1 amide bonds. The third-order valence-electron chi connectivity index (χ3n) is 5.71. The normalized spacial score (nSPS) is 14.4. The summed E-state index contributed by atoms with van der Waals surface area (Å²) in [5, 5.41) is 9.21. The molecule has 174 valence electrons. The number of carbonyl (C=O) groups excluding carboxylic acids is 1. The lowest BCUT2D eigenvalue weighted by Gasteiger charge is -2.33. The number of nitrogens with zero attached hydrogens (tertiary/aromatic N) is 6. The molecule has 4 aromatic rings. The fourth-order valence-corrected chi connectivity index (χ4v) is 4.44. The first-order valence-electron chi connectivity index (χ1n) is 11.0. The number of thiophene rings is 1. The first-order chi connectivity index (χ1) is 16.6. The molecule has 1 aliphatic heterocycles. The van der Waals surface area contributed by atoms with Crippen molar-refractivity contribution in [2.24, 2.45) is 0 Å². The van der Waals surface area contributed by atoms with Crippen LogP contribution in [0.2, 0.25) is 0 Å². The van der Waals surface area contributed by atoms with Crippen LogP contribution < -0.4 is 10.2 Å². The molecule has 1 aliphatic rings. The Balaban J connectivity index is 1.29. The van der Waals surface area contributed by atoms with Crippen molar-refractivity contribution in [1.82, 2.24) is 30.0 Å². The van der Waals surface area contributed by atoms with Crippen LogP contribution in [-0.4, -0.2) is 63.8 Å². The number of hydrogen-bond donors (Lipinski definition) is 1. The second-order valence-electron chi connectivity index (χ2n) is 8.12. The van der Waals surface area contributed by atoms with Gasteiger partial charge >= 0.3 is 0 Å². The lowest BCUT2D eigenvalue weighted by molar-refractivity contribution is 0.0940. The van der Waals surface area contributed by atoms with Gasteiger partial charge in [0.1, 0.15) is 11.6 Å². The Morgan fingerprint density at radius 2 is 1.88 bits per heavy atom. The summed E-state index contributed by atoms with van der Waals surface area (Å²) in [4.78, 5) is 27.3. The van der Waals surface area contributed by atoms with Gasteiger partial charge in [-0.2, -0.15) is 0 Å². The summed E-state index contributed by atoms with van der Waals surface area (Å²) < 4.78 is 15.0. The van der Waals surface area contributed by atoms with Gasteiger partial charge in [-0.15, -0.1) is 16.4 Å². The lowest BCUT2D eigenvalue weighted by atomic mass is 10.2. The molecule has 0 bridgehead atoms. The van der Waals surface area contributed by atoms with E-state index in [2.05, 4.69) is 37.2 Å². The van der Waals surface area contributed by atoms with E-state index in [-0.39, 0.29) is 17.5 Å². The Hall–Kier alpha value is -3.63. The smallest absolute Gasteiger partial charge is 0.291 e. The fourth-order valence-electron chi connectivity index (χ4n) is 3.74. The van der Waals surface area contributed by atoms with Crippen molar-refractivity contribution in [3.05, 3.63) is 77.3 Å². The van der Waals surface area contributed by atoms with Crippen LogP contribution in [-0.2, 0) is 6.54 Å². The van der Waals surface area contributed by atoms with E-state index >= 15 is 0 Å². The van der Waals surface area contributed by atoms with Gasteiger partial charge in [-0.05, 0) is 54.4 Å². The molecule has 34 heavy (non-hydrogen) atoms. The zero-order valence-electron chi connectivity index (χ0n) is 18.7. The summed E-state index contributed by atoms with van der Waals surface area (Å²) in [5.74, 6) is 0.803. The Labute approximate surface area is 200 Å². The number of likely N-dealkylation sites (N-methyl/N-ethyl adjacent to an activating group) is 1. The van der Waals surface area contributed by atoms with Crippen molar-refractivity contribution < 1.29 is 9.18 Å². The number of rotatable bonds is 6. The van der Waals surface area contributed by atoms with Crippen molar-refractivity contribution in [3.63, 3.8) is 0 Å². The van der Waals surface area contributed by atoms with Crippen molar-refractivity contribution >= 4 is 23.1 Å². The van der Waals surface area contributed by atoms with Gasteiger partial charge in [0.05, 0.1) is 10.6 Å². The number of piperazine rings is 1. The van der Waals surface area contributed by atoms with Gasteiger partial charge < -0.3 is 15.1 Å². The summed E-state index contributed by atoms with van der Waals surface area (Å²) in [7, 11) is 2.12. The summed E-state index contributed by atoms with van der Waals surface area (Å²) in [6, 6.07) is 13.7. The first kappa shape index (κ1) is 22.2. The van der Waals surface area contributed by atoms with Gasteiger partial charge in [0.2, 0.25) is 5.82 Å². The van der Waals surface area contributed by atoms with Crippen LogP contribution in [0.1, 0.15) is 16.2 Å². The molecule has 10 heteroatoms. The van der Waals surface area contributed by atoms with Crippen molar-refractivity contribution in [2.45, 2.75) is 6.54 Å². The number of hydrogen-bond acceptors (Lipinski definition) is 7. The fraction of sp³-hybridized carbons (Fsp3) is 0.250. The van der Waals surface area contributed by atoms with E-state index in [4.69, 9.17) is 0 Å². The van der Waals surface area contributed by atoms with Gasteiger partial charge in [-0.1, -0.05) is 12.1 Å². The number of aromatic nitrogens is 4. The quantitative estimate of drug-likeness (QED) is 0.460. The molecule has 0 aliphatic carbocycles. The molecule has 1 saturated heterocycles. The van der Waals surface area contributed by atoms with Crippen molar-refractivity contribution in [3.8, 4) is 16.4 Å². The van der Waals surface area contributed by atoms with E-state index in [1.54, 1.807) is 23.0 Å². The molecule has 0 saturated carbocycles. The Morgan fingerprint density at radius 3 is 2.56 bits per heavy atom. The monoisotopic (exact) mass is 477 g/mol. The van der Waals surface area contributed by atoms with E-state index in [9.17, 15) is 9.18 Å². The maximum absolute atomic E-state index is 13.4. The zero-order chi connectivity index (χ0) is 23.5. The van der Waals surface area contributed by atoms with Gasteiger partial charge in [0.15, 0.2) is 5.82 Å². The van der Waals surface area contributed by atoms with E-state index < -0.39 is 0 Å². The number of benzene rings is 1. The van der Waals surface area contributed by atoms with Crippen molar-refractivity contribution in [2.75, 3.05) is 38.1 Å². The molecule has 0 unspecified atom stereocenters. The predicted molar refractivity (Wildman–Crippen MR) is 130 cm³/mol. The molecular weight excluding hydrogens is 453 g/mol. The number of anilines is 1. The van der Waals surface area contributed by atoms with Crippen LogP contribution in [0.5, 0.6) is 0 Å². The van der Waals surface area contributed by atoms with Gasteiger partial charge in [-0.3, -0.25) is 4.79 Å². The highest BCUT2D eigenvalue weighted by atomic mass is 32.1. The second-order valence-corrected chi connectivity index (χ2v) is 9.07. The highest BCUT2D eigenvalue weighted by Gasteiger charge is 2.20. The average molecular weight is 478 g/mol. The highest BCUT2D eigenvalue weighted by Crippen LogP contribution is 2.25. The number of amides is 1. The minimum Gasteiger partial charge on any atom is -0.354 e. The number of nitrogens with one attached hydrogen (secondary N) is 1. The van der Waals surface area contributed by atoms with Crippen LogP contribution in [0.25, 0.3) is 16.4 Å². The van der Waals surface area contributed by atoms with E-state index in [1.165, 1.54) is 23.5 Å². The number of pyridine rings is 1. The molecule has 0 spiro atoms. The minimum atomic E-state index is -0.387. The van der Waals surface area contributed by atoms with Gasteiger partial charge in [0, 0.05) is 38.9 Å². The average Bonchev–Trinajstić information content (AvgIpc) is 3.54. The topological polar surface area (TPSA) is 79.2 Å². The SMILES string of the molecule is CN1CCN(c2ccc(CNC(=O)c3nc(-c4cccs4)n(-c4ccc(F)cc4)n3)cn2)CC1. The summed E-state index contributed by atoms with van der Waals surface area (Å²) >= 11 is 1.49. The minimum absolute atomic E-state index is 0.0507. The lowest BCUT2D eigenvalue weighted by Crippen LogP contribution is -2.44. The molecule has 1 aromatic carbocycles. The largest absolute Gasteiger partial charge is 0.354 e. The van der Waals surface area contributed by atoms with Gasteiger partial charge in [0.25, 0.3) is 5.91 Å². The van der Waals surface area contributed by atoms with E-state index in [0.717, 1.165) is 42.4 Å². The van der Waals surface area contributed by atoms with Gasteiger partial charge in [-0.25, -0.2) is 19.0 Å². The standard InChI is InChI=1S/C24H24FN7OS/c1-30-10-12-31(13-11-30)21-9-4-17(15-26-21)16-27-24(33)22-28-23(20-3-2-14-34-20)32(29-22)19-7-5-18(25)6-8-19/h2-9,14-15H,10-13,16H2,1H3,(H,27,33). The predicted octanol–water partition coefficient (Wildman–Crippen LogP) is 3.21. The van der Waals surface area contributed by atoms with Crippen LogP contribution >= 0.6 is 11.3 Å².